The van der Waals surface area contributed by atoms with Crippen molar-refractivity contribution in [2.75, 3.05) is 13.6 Å². The molecule has 1 fully saturated rings. The molecule has 6 nitrogen and oxygen atoms in total. The van der Waals surface area contributed by atoms with E-state index in [0.717, 1.165) is 16.0 Å². The van der Waals surface area contributed by atoms with Crippen molar-refractivity contribution in [3.63, 3.8) is 0 Å². The van der Waals surface area contributed by atoms with E-state index in [1.165, 1.54) is 17.0 Å². The quantitative estimate of drug-likeness (QED) is 0.741. The number of amides is 4. The maximum atomic E-state index is 13.0. The lowest BCUT2D eigenvalue weighted by Crippen LogP contribution is -2.43. The van der Waals surface area contributed by atoms with E-state index in [4.69, 9.17) is 0 Å². The van der Waals surface area contributed by atoms with Gasteiger partial charge in [0.15, 0.2) is 0 Å². The van der Waals surface area contributed by atoms with Gasteiger partial charge in [-0.3, -0.25) is 14.5 Å². The number of nitrogens with one attached hydrogen (secondary N) is 1. The van der Waals surface area contributed by atoms with E-state index in [1.54, 1.807) is 26.1 Å². The molecule has 1 aliphatic heterocycles. The highest BCUT2D eigenvalue weighted by molar-refractivity contribution is 6.09. The fourth-order valence-electron chi connectivity index (χ4n) is 3.45. The lowest BCUT2D eigenvalue weighted by Gasteiger charge is -2.24. The lowest BCUT2D eigenvalue weighted by atomic mass is 9.90. The number of hydrogen-bond acceptors (Lipinski definition) is 3. The van der Waals surface area contributed by atoms with Gasteiger partial charge in [0, 0.05) is 13.6 Å². The van der Waals surface area contributed by atoms with Crippen LogP contribution >= 0.6 is 0 Å². The SMILES string of the molecule is CC(C)c1ccc([C@]2(C)NC(=O)N(CC(=O)N(C)Cc3ccc(F)cc3)C2=O)cc1. The van der Waals surface area contributed by atoms with Crippen LogP contribution in [0, 0.1) is 5.82 Å². The summed E-state index contributed by atoms with van der Waals surface area (Å²) in [4.78, 5) is 40.5. The summed E-state index contributed by atoms with van der Waals surface area (Å²) in [7, 11) is 1.58. The highest BCUT2D eigenvalue weighted by Crippen LogP contribution is 2.30. The summed E-state index contributed by atoms with van der Waals surface area (Å²) in [5.41, 5.74) is 1.33. The molecular formula is C23H26FN3O3. The third-order valence-electron chi connectivity index (χ3n) is 5.48. The molecule has 7 heteroatoms. The van der Waals surface area contributed by atoms with Crippen LogP contribution in [0.15, 0.2) is 48.5 Å². The summed E-state index contributed by atoms with van der Waals surface area (Å²) in [6, 6.07) is 12.8. The highest BCUT2D eigenvalue weighted by atomic mass is 19.1. The summed E-state index contributed by atoms with van der Waals surface area (Å²) >= 11 is 0. The Morgan fingerprint density at radius 1 is 1.10 bits per heavy atom. The Hall–Kier alpha value is -3.22. The Labute approximate surface area is 175 Å². The molecule has 0 spiro atoms. The number of carbonyl (C=O) groups is 3. The molecule has 1 N–H and O–H groups in total. The molecule has 0 aliphatic carbocycles. The van der Waals surface area contributed by atoms with Gasteiger partial charge in [0.2, 0.25) is 5.91 Å². The van der Waals surface area contributed by atoms with Crippen molar-refractivity contribution in [1.82, 2.24) is 15.1 Å². The van der Waals surface area contributed by atoms with Crippen molar-refractivity contribution < 1.29 is 18.8 Å². The Balaban J connectivity index is 1.70. The average Bonchev–Trinajstić information content (AvgIpc) is 2.93. The number of carbonyl (C=O) groups excluding carboxylic acids is 3. The van der Waals surface area contributed by atoms with Gasteiger partial charge in [-0.05, 0) is 41.7 Å². The molecule has 2 aromatic carbocycles. The average molecular weight is 411 g/mol. The molecule has 0 aromatic heterocycles. The van der Waals surface area contributed by atoms with Crippen molar-refractivity contribution in [3.05, 3.63) is 71.0 Å². The number of halogens is 1. The summed E-state index contributed by atoms with van der Waals surface area (Å²) in [5, 5.41) is 2.72. The van der Waals surface area contributed by atoms with Gasteiger partial charge in [0.05, 0.1) is 0 Å². The van der Waals surface area contributed by atoms with Crippen molar-refractivity contribution in [1.29, 1.82) is 0 Å². The third-order valence-corrected chi connectivity index (χ3v) is 5.48. The molecular weight excluding hydrogens is 385 g/mol. The molecule has 30 heavy (non-hydrogen) atoms. The molecule has 0 radical (unpaired) electrons. The number of likely N-dealkylation sites (N-methyl/N-ethyl adjacent to an activating group) is 1. The minimum absolute atomic E-state index is 0.247. The Morgan fingerprint density at radius 2 is 1.70 bits per heavy atom. The monoisotopic (exact) mass is 411 g/mol. The summed E-state index contributed by atoms with van der Waals surface area (Å²) in [6.07, 6.45) is 0. The van der Waals surface area contributed by atoms with Crippen molar-refractivity contribution in [3.8, 4) is 0 Å². The first-order valence-electron chi connectivity index (χ1n) is 9.85. The number of rotatable bonds is 6. The van der Waals surface area contributed by atoms with Crippen molar-refractivity contribution in [2.45, 2.75) is 38.8 Å². The van der Waals surface area contributed by atoms with Gasteiger partial charge in [-0.1, -0.05) is 50.2 Å². The Morgan fingerprint density at radius 3 is 2.27 bits per heavy atom. The Kier molecular flexibility index (Phi) is 5.92. The van der Waals surface area contributed by atoms with Crippen LogP contribution < -0.4 is 5.32 Å². The van der Waals surface area contributed by atoms with Gasteiger partial charge in [0.25, 0.3) is 5.91 Å². The van der Waals surface area contributed by atoms with Crippen molar-refractivity contribution in [2.24, 2.45) is 0 Å². The number of benzene rings is 2. The first kappa shape index (κ1) is 21.5. The van der Waals surface area contributed by atoms with Crippen LogP contribution in [0.25, 0.3) is 0 Å². The van der Waals surface area contributed by atoms with Gasteiger partial charge >= 0.3 is 6.03 Å². The fraction of sp³-hybridized carbons (Fsp3) is 0.348. The predicted octanol–water partition coefficient (Wildman–Crippen LogP) is 3.37. The van der Waals surface area contributed by atoms with Crippen LogP contribution in [0.1, 0.15) is 43.4 Å². The minimum atomic E-state index is -1.22. The normalized spacial score (nSPS) is 18.7. The van der Waals surface area contributed by atoms with E-state index < -0.39 is 17.5 Å². The Bertz CT molecular complexity index is 957. The number of hydrogen-bond donors (Lipinski definition) is 1. The number of nitrogens with zero attached hydrogens (tertiary/aromatic N) is 2. The maximum absolute atomic E-state index is 13.0. The van der Waals surface area contributed by atoms with Crippen LogP contribution in [0.4, 0.5) is 9.18 Å². The van der Waals surface area contributed by atoms with E-state index in [2.05, 4.69) is 19.2 Å². The van der Waals surface area contributed by atoms with E-state index in [1.807, 2.05) is 24.3 Å². The first-order valence-corrected chi connectivity index (χ1v) is 9.85. The van der Waals surface area contributed by atoms with Gasteiger partial charge in [0.1, 0.15) is 17.9 Å². The summed E-state index contributed by atoms with van der Waals surface area (Å²) in [5.74, 6) is -0.852. The van der Waals surface area contributed by atoms with Gasteiger partial charge in [-0.25, -0.2) is 9.18 Å². The molecule has 0 unspecified atom stereocenters. The van der Waals surface area contributed by atoms with Crippen LogP contribution in [-0.4, -0.2) is 41.2 Å². The zero-order valence-electron chi connectivity index (χ0n) is 17.6. The molecule has 1 saturated heterocycles. The molecule has 2 aromatic rings. The summed E-state index contributed by atoms with van der Waals surface area (Å²) in [6.45, 7) is 5.69. The third kappa shape index (κ3) is 4.20. The van der Waals surface area contributed by atoms with Crippen LogP contribution in [-0.2, 0) is 21.7 Å². The largest absolute Gasteiger partial charge is 0.340 e. The first-order chi connectivity index (χ1) is 14.1. The topological polar surface area (TPSA) is 69.7 Å². The zero-order valence-corrected chi connectivity index (χ0v) is 17.6. The second-order valence-corrected chi connectivity index (χ2v) is 8.10. The van der Waals surface area contributed by atoms with Crippen LogP contribution in [0.5, 0.6) is 0 Å². The standard InChI is InChI=1S/C23H26FN3O3/c1-15(2)17-7-9-18(10-8-17)23(3)21(29)27(22(30)25-23)14-20(28)26(4)13-16-5-11-19(24)12-6-16/h5-12,15H,13-14H2,1-4H3,(H,25,30)/t23-/m0/s1. The predicted molar refractivity (Wildman–Crippen MR) is 111 cm³/mol. The number of urea groups is 1. The molecule has 0 saturated carbocycles. The van der Waals surface area contributed by atoms with Crippen LogP contribution in [0.3, 0.4) is 0 Å². The zero-order chi connectivity index (χ0) is 22.1. The molecule has 1 atom stereocenters. The molecule has 158 valence electrons. The number of imide groups is 1. The molecule has 1 aliphatic rings. The van der Waals surface area contributed by atoms with Crippen LogP contribution in [0.2, 0.25) is 0 Å². The fourth-order valence-corrected chi connectivity index (χ4v) is 3.45. The van der Waals surface area contributed by atoms with Gasteiger partial charge < -0.3 is 10.2 Å². The van der Waals surface area contributed by atoms with Crippen molar-refractivity contribution >= 4 is 17.8 Å². The van der Waals surface area contributed by atoms with E-state index >= 15 is 0 Å². The molecule has 1 heterocycles. The molecule has 4 amide bonds. The molecule has 3 rings (SSSR count). The second-order valence-electron chi connectivity index (χ2n) is 8.10. The van der Waals surface area contributed by atoms with E-state index in [9.17, 15) is 18.8 Å². The van der Waals surface area contributed by atoms with E-state index in [0.29, 0.717) is 11.5 Å². The van der Waals surface area contributed by atoms with Gasteiger partial charge in [-0.15, -0.1) is 0 Å². The highest BCUT2D eigenvalue weighted by Gasteiger charge is 2.49. The molecule has 0 bridgehead atoms. The smallest absolute Gasteiger partial charge is 0.325 e. The minimum Gasteiger partial charge on any atom is -0.340 e. The van der Waals surface area contributed by atoms with Gasteiger partial charge in [-0.2, -0.15) is 0 Å². The lowest BCUT2D eigenvalue weighted by molar-refractivity contribution is -0.138. The summed E-state index contributed by atoms with van der Waals surface area (Å²) < 4.78 is 13.0. The second kappa shape index (κ2) is 8.26. The maximum Gasteiger partial charge on any atom is 0.325 e. The van der Waals surface area contributed by atoms with E-state index in [-0.39, 0.29) is 24.8 Å².